The standard InChI is InChI=1S/C6H11N5O5S2/c1-17(13,14)3-18(15,16)11-6-4(2-8-9-6)5(7)10-12/h2,12H,3H2,1H3,(H2,7,10)(H2,8,9,11). The smallest absolute Gasteiger partial charge is 0.248 e. The van der Waals surface area contributed by atoms with E-state index in [2.05, 4.69) is 15.4 Å². The van der Waals surface area contributed by atoms with E-state index in [9.17, 15) is 16.8 Å². The zero-order valence-corrected chi connectivity index (χ0v) is 10.8. The van der Waals surface area contributed by atoms with Crippen LogP contribution in [0.3, 0.4) is 0 Å². The summed E-state index contributed by atoms with van der Waals surface area (Å²) in [5, 5.41) is 15.8. The first kappa shape index (κ1) is 14.2. The Bertz CT molecular complexity index is 658. The van der Waals surface area contributed by atoms with Gasteiger partial charge in [0.15, 0.2) is 20.8 Å². The molecular weight excluding hydrogens is 286 g/mol. The molecule has 18 heavy (non-hydrogen) atoms. The van der Waals surface area contributed by atoms with Gasteiger partial charge >= 0.3 is 0 Å². The van der Waals surface area contributed by atoms with E-state index in [0.29, 0.717) is 0 Å². The minimum atomic E-state index is -4.13. The molecule has 0 aliphatic rings. The van der Waals surface area contributed by atoms with E-state index in [1.54, 1.807) is 0 Å². The van der Waals surface area contributed by atoms with Crippen LogP contribution in [-0.2, 0) is 19.9 Å². The van der Waals surface area contributed by atoms with E-state index in [-0.39, 0.29) is 17.2 Å². The van der Waals surface area contributed by atoms with Gasteiger partial charge in [-0.2, -0.15) is 5.10 Å². The number of sulfonamides is 1. The lowest BCUT2D eigenvalue weighted by Gasteiger charge is -2.06. The lowest BCUT2D eigenvalue weighted by molar-refractivity contribution is 0.318. The summed E-state index contributed by atoms with van der Waals surface area (Å²) in [6.45, 7) is 0. The van der Waals surface area contributed by atoms with Gasteiger partial charge in [-0.1, -0.05) is 5.16 Å². The van der Waals surface area contributed by atoms with Crippen LogP contribution in [0.5, 0.6) is 0 Å². The van der Waals surface area contributed by atoms with Crippen molar-refractivity contribution in [3.05, 3.63) is 11.8 Å². The minimum absolute atomic E-state index is 0.00502. The average Bonchev–Trinajstić information content (AvgIpc) is 2.59. The third kappa shape index (κ3) is 3.89. The lowest BCUT2D eigenvalue weighted by atomic mass is 10.3. The molecular formula is C6H11N5O5S2. The van der Waals surface area contributed by atoms with Gasteiger partial charge in [0.05, 0.1) is 11.8 Å². The molecule has 0 saturated heterocycles. The minimum Gasteiger partial charge on any atom is -0.409 e. The predicted molar refractivity (Wildman–Crippen MR) is 63.4 cm³/mol. The summed E-state index contributed by atoms with van der Waals surface area (Å²) in [7, 11) is -7.85. The Morgan fingerprint density at radius 1 is 1.56 bits per heavy atom. The molecule has 0 spiro atoms. The number of nitrogens with one attached hydrogen (secondary N) is 2. The molecule has 0 unspecified atom stereocenters. The highest BCUT2D eigenvalue weighted by atomic mass is 32.3. The van der Waals surface area contributed by atoms with Crippen molar-refractivity contribution >= 4 is 31.5 Å². The Morgan fingerprint density at radius 2 is 2.17 bits per heavy atom. The molecule has 0 aliphatic carbocycles. The number of hydrogen-bond donors (Lipinski definition) is 4. The second kappa shape index (κ2) is 4.81. The summed E-state index contributed by atoms with van der Waals surface area (Å²) in [6.07, 6.45) is 1.90. The van der Waals surface area contributed by atoms with E-state index in [1.165, 1.54) is 0 Å². The van der Waals surface area contributed by atoms with Crippen molar-refractivity contribution in [3.8, 4) is 0 Å². The maximum Gasteiger partial charge on any atom is 0.248 e. The number of nitrogens with two attached hydrogens (primary N) is 1. The maximum atomic E-state index is 11.5. The Kier molecular flexibility index (Phi) is 3.81. The van der Waals surface area contributed by atoms with Gasteiger partial charge in [0.25, 0.3) is 0 Å². The molecule has 0 atom stereocenters. The molecule has 0 saturated carbocycles. The van der Waals surface area contributed by atoms with E-state index < -0.39 is 24.9 Å². The summed E-state index contributed by atoms with van der Waals surface area (Å²) in [4.78, 5) is 0. The van der Waals surface area contributed by atoms with Gasteiger partial charge in [-0.15, -0.1) is 0 Å². The molecule has 0 bridgehead atoms. The van der Waals surface area contributed by atoms with Gasteiger partial charge in [0.2, 0.25) is 10.0 Å². The van der Waals surface area contributed by atoms with Crippen LogP contribution in [0.15, 0.2) is 11.4 Å². The number of H-pyrrole nitrogens is 1. The first-order valence-corrected chi connectivity index (χ1v) is 8.05. The summed E-state index contributed by atoms with van der Waals surface area (Å²) in [6, 6.07) is 0. The highest BCUT2D eigenvalue weighted by molar-refractivity contribution is 8.08. The summed E-state index contributed by atoms with van der Waals surface area (Å²) >= 11 is 0. The molecule has 10 nitrogen and oxygen atoms in total. The van der Waals surface area contributed by atoms with Crippen LogP contribution in [0.1, 0.15) is 5.56 Å². The second-order valence-corrected chi connectivity index (χ2v) is 7.63. The number of aromatic nitrogens is 2. The van der Waals surface area contributed by atoms with E-state index in [1.807, 2.05) is 4.72 Å². The monoisotopic (exact) mass is 297 g/mol. The van der Waals surface area contributed by atoms with Crippen LogP contribution >= 0.6 is 0 Å². The Labute approximate surface area is 103 Å². The first-order chi connectivity index (χ1) is 8.14. The number of sulfone groups is 1. The van der Waals surface area contributed by atoms with Crippen molar-refractivity contribution in [1.29, 1.82) is 0 Å². The molecule has 0 radical (unpaired) electrons. The number of amidine groups is 1. The van der Waals surface area contributed by atoms with Crippen LogP contribution in [0.4, 0.5) is 5.82 Å². The van der Waals surface area contributed by atoms with Crippen LogP contribution in [0, 0.1) is 0 Å². The van der Waals surface area contributed by atoms with Crippen LogP contribution in [0.25, 0.3) is 0 Å². The number of nitrogens with zero attached hydrogens (tertiary/aromatic N) is 2. The summed E-state index contributed by atoms with van der Waals surface area (Å²) < 4.78 is 46.8. The summed E-state index contributed by atoms with van der Waals surface area (Å²) in [5.74, 6) is -0.560. The van der Waals surface area contributed by atoms with Crippen molar-refractivity contribution in [2.45, 2.75) is 0 Å². The van der Waals surface area contributed by atoms with Gasteiger partial charge in [-0.05, 0) is 0 Å². The number of rotatable bonds is 5. The predicted octanol–water partition coefficient (Wildman–Crippen LogP) is -1.75. The fourth-order valence-corrected chi connectivity index (χ4v) is 4.04. The van der Waals surface area contributed by atoms with Crippen molar-refractivity contribution in [2.75, 3.05) is 16.1 Å². The number of aromatic amines is 1. The number of oxime groups is 1. The SMILES string of the molecule is CS(=O)(=O)CS(=O)(=O)Nc1[nH]ncc1C(N)=NO. The maximum absolute atomic E-state index is 11.5. The van der Waals surface area contributed by atoms with E-state index in [0.717, 1.165) is 12.5 Å². The number of anilines is 1. The van der Waals surface area contributed by atoms with Crippen molar-refractivity contribution in [1.82, 2.24) is 10.2 Å². The molecule has 0 aliphatic heterocycles. The zero-order valence-electron chi connectivity index (χ0n) is 9.15. The van der Waals surface area contributed by atoms with Crippen molar-refractivity contribution in [2.24, 2.45) is 10.9 Å². The summed E-state index contributed by atoms with van der Waals surface area (Å²) in [5.41, 5.74) is 5.27. The second-order valence-electron chi connectivity index (χ2n) is 3.40. The van der Waals surface area contributed by atoms with Gasteiger partial charge in [0.1, 0.15) is 5.82 Å². The highest BCUT2D eigenvalue weighted by Gasteiger charge is 2.21. The molecule has 0 amide bonds. The normalized spacial score (nSPS) is 13.5. The topological polar surface area (TPSA) is 168 Å². The molecule has 5 N–H and O–H groups in total. The van der Waals surface area contributed by atoms with Crippen LogP contribution in [-0.4, -0.2) is 49.4 Å². The quantitative estimate of drug-likeness (QED) is 0.216. The number of hydrogen-bond acceptors (Lipinski definition) is 7. The Morgan fingerprint density at radius 3 is 2.67 bits per heavy atom. The average molecular weight is 297 g/mol. The molecule has 1 heterocycles. The first-order valence-electron chi connectivity index (χ1n) is 4.34. The largest absolute Gasteiger partial charge is 0.409 e. The molecule has 1 aromatic rings. The fraction of sp³-hybridized carbons (Fsp3) is 0.333. The van der Waals surface area contributed by atoms with Crippen molar-refractivity contribution < 1.29 is 22.0 Å². The van der Waals surface area contributed by atoms with Crippen LogP contribution in [0.2, 0.25) is 0 Å². The highest BCUT2D eigenvalue weighted by Crippen LogP contribution is 2.12. The third-order valence-electron chi connectivity index (χ3n) is 1.65. The zero-order chi connectivity index (χ0) is 14.0. The van der Waals surface area contributed by atoms with Gasteiger partial charge in [0, 0.05) is 6.26 Å². The van der Waals surface area contributed by atoms with E-state index >= 15 is 0 Å². The fourth-order valence-electron chi connectivity index (χ4n) is 1.08. The van der Waals surface area contributed by atoms with Gasteiger partial charge < -0.3 is 10.9 Å². The molecule has 0 aromatic carbocycles. The third-order valence-corrected chi connectivity index (χ3v) is 5.12. The van der Waals surface area contributed by atoms with E-state index in [4.69, 9.17) is 10.9 Å². The van der Waals surface area contributed by atoms with Crippen molar-refractivity contribution in [3.63, 3.8) is 0 Å². The molecule has 12 heteroatoms. The van der Waals surface area contributed by atoms with Gasteiger partial charge in [-0.3, -0.25) is 9.82 Å². The molecule has 102 valence electrons. The van der Waals surface area contributed by atoms with Gasteiger partial charge in [-0.25, -0.2) is 16.8 Å². The lowest BCUT2D eigenvalue weighted by Crippen LogP contribution is -2.24. The molecule has 1 aromatic heterocycles. The molecule has 1 rings (SSSR count). The Hall–Kier alpha value is -1.82. The molecule has 0 fully saturated rings. The Balaban J connectivity index is 3.03. The van der Waals surface area contributed by atoms with Crippen LogP contribution < -0.4 is 10.5 Å².